The molecule has 178 valence electrons. The fourth-order valence-corrected chi connectivity index (χ4v) is 4.90. The van der Waals surface area contributed by atoms with E-state index < -0.39 is 0 Å². The Labute approximate surface area is 193 Å². The van der Waals surface area contributed by atoms with Crippen LogP contribution in [0, 0.1) is 11.8 Å². The van der Waals surface area contributed by atoms with Gasteiger partial charge >= 0.3 is 0 Å². The van der Waals surface area contributed by atoms with Crippen LogP contribution in [0.25, 0.3) is 0 Å². The van der Waals surface area contributed by atoms with E-state index in [4.69, 9.17) is 4.74 Å². The largest absolute Gasteiger partial charge is 0.497 e. The van der Waals surface area contributed by atoms with Crippen molar-refractivity contribution in [2.45, 2.75) is 39.7 Å². The highest BCUT2D eigenvalue weighted by Gasteiger charge is 2.29. The SMILES string of the molecule is COc1ccc(CCNC(=O)C(C)N2CCN(CC(=O)N3CC(C)CC(C)C3)CC2)cc1. The van der Waals surface area contributed by atoms with E-state index in [1.54, 1.807) is 7.11 Å². The number of nitrogens with zero attached hydrogens (tertiary/aromatic N) is 3. The van der Waals surface area contributed by atoms with E-state index >= 15 is 0 Å². The zero-order valence-electron chi connectivity index (χ0n) is 20.2. The maximum atomic E-state index is 12.8. The average molecular weight is 445 g/mol. The first kappa shape index (κ1) is 24.5. The molecule has 1 N–H and O–H groups in total. The summed E-state index contributed by atoms with van der Waals surface area (Å²) < 4.78 is 5.18. The molecule has 0 aliphatic carbocycles. The van der Waals surface area contributed by atoms with Crippen molar-refractivity contribution in [2.75, 3.05) is 59.5 Å². The quantitative estimate of drug-likeness (QED) is 0.663. The number of hydrogen-bond donors (Lipinski definition) is 1. The number of benzene rings is 1. The summed E-state index contributed by atoms with van der Waals surface area (Å²) in [6.45, 7) is 12.6. The Kier molecular flexibility index (Phi) is 8.93. The van der Waals surface area contributed by atoms with Crippen LogP contribution in [-0.2, 0) is 16.0 Å². The van der Waals surface area contributed by atoms with Crippen molar-refractivity contribution in [3.8, 4) is 5.75 Å². The number of piperidine rings is 1. The molecule has 2 fully saturated rings. The van der Waals surface area contributed by atoms with Crippen molar-refractivity contribution < 1.29 is 14.3 Å². The van der Waals surface area contributed by atoms with E-state index in [1.807, 2.05) is 36.1 Å². The highest BCUT2D eigenvalue weighted by Crippen LogP contribution is 2.21. The highest BCUT2D eigenvalue weighted by molar-refractivity contribution is 5.81. The third-order valence-electron chi connectivity index (χ3n) is 6.79. The lowest BCUT2D eigenvalue weighted by Gasteiger charge is -2.39. The number of ether oxygens (including phenoxy) is 1. The number of piperazine rings is 1. The number of carbonyl (C=O) groups excluding carboxylic acids is 2. The van der Waals surface area contributed by atoms with Crippen LogP contribution in [0.15, 0.2) is 24.3 Å². The van der Waals surface area contributed by atoms with Crippen LogP contribution in [0.4, 0.5) is 0 Å². The molecule has 0 spiro atoms. The monoisotopic (exact) mass is 444 g/mol. The second-order valence-electron chi connectivity index (χ2n) is 9.62. The lowest BCUT2D eigenvalue weighted by molar-refractivity contribution is -0.136. The summed E-state index contributed by atoms with van der Waals surface area (Å²) in [4.78, 5) is 31.9. The minimum absolute atomic E-state index is 0.0688. The van der Waals surface area contributed by atoms with Crippen molar-refractivity contribution in [1.82, 2.24) is 20.0 Å². The number of nitrogens with one attached hydrogen (secondary N) is 1. The van der Waals surface area contributed by atoms with E-state index in [9.17, 15) is 9.59 Å². The molecule has 3 atom stereocenters. The molecule has 2 heterocycles. The first-order valence-corrected chi connectivity index (χ1v) is 12.0. The van der Waals surface area contributed by atoms with Gasteiger partial charge in [-0.15, -0.1) is 0 Å². The molecule has 0 bridgehead atoms. The van der Waals surface area contributed by atoms with Gasteiger partial charge in [0.25, 0.3) is 0 Å². The van der Waals surface area contributed by atoms with Crippen molar-refractivity contribution in [1.29, 1.82) is 0 Å². The number of carbonyl (C=O) groups is 2. The normalized spacial score (nSPS) is 23.6. The minimum atomic E-state index is -0.160. The molecule has 2 aliphatic heterocycles. The van der Waals surface area contributed by atoms with Gasteiger partial charge in [-0.05, 0) is 49.3 Å². The molecule has 7 nitrogen and oxygen atoms in total. The van der Waals surface area contributed by atoms with Crippen LogP contribution in [-0.4, -0.2) is 92.0 Å². The Bertz CT molecular complexity index is 736. The first-order chi connectivity index (χ1) is 15.4. The number of amides is 2. The third-order valence-corrected chi connectivity index (χ3v) is 6.79. The molecule has 0 saturated carbocycles. The van der Waals surface area contributed by atoms with Crippen LogP contribution < -0.4 is 10.1 Å². The average Bonchev–Trinajstić information content (AvgIpc) is 2.79. The summed E-state index contributed by atoms with van der Waals surface area (Å²) in [7, 11) is 1.66. The summed E-state index contributed by atoms with van der Waals surface area (Å²) >= 11 is 0. The second-order valence-corrected chi connectivity index (χ2v) is 9.62. The Morgan fingerprint density at radius 2 is 1.69 bits per heavy atom. The first-order valence-electron chi connectivity index (χ1n) is 12.0. The van der Waals surface area contributed by atoms with Crippen molar-refractivity contribution >= 4 is 11.8 Å². The molecule has 2 saturated heterocycles. The molecule has 7 heteroatoms. The maximum absolute atomic E-state index is 12.8. The van der Waals surface area contributed by atoms with Gasteiger partial charge in [0.1, 0.15) is 5.75 Å². The molecule has 0 radical (unpaired) electrons. The highest BCUT2D eigenvalue weighted by atomic mass is 16.5. The fourth-order valence-electron chi connectivity index (χ4n) is 4.90. The van der Waals surface area contributed by atoms with E-state index in [2.05, 4.69) is 29.0 Å². The summed E-state index contributed by atoms with van der Waals surface area (Å²) in [5, 5.41) is 3.07. The van der Waals surface area contributed by atoms with Crippen molar-refractivity contribution in [3.63, 3.8) is 0 Å². The molecule has 3 rings (SSSR count). The zero-order chi connectivity index (χ0) is 23.1. The maximum Gasteiger partial charge on any atom is 0.237 e. The van der Waals surface area contributed by atoms with Gasteiger partial charge in [0.05, 0.1) is 19.7 Å². The summed E-state index contributed by atoms with van der Waals surface area (Å²) in [5.74, 6) is 2.33. The Morgan fingerprint density at radius 1 is 1.06 bits per heavy atom. The lowest BCUT2D eigenvalue weighted by atomic mass is 9.92. The van der Waals surface area contributed by atoms with Crippen LogP contribution >= 0.6 is 0 Å². The number of methoxy groups -OCH3 is 1. The molecule has 0 aromatic heterocycles. The van der Waals surface area contributed by atoms with Crippen molar-refractivity contribution in [2.24, 2.45) is 11.8 Å². The van der Waals surface area contributed by atoms with E-state index in [0.29, 0.717) is 24.9 Å². The van der Waals surface area contributed by atoms with Crippen LogP contribution in [0.2, 0.25) is 0 Å². The predicted octanol–water partition coefficient (Wildman–Crippen LogP) is 1.86. The van der Waals surface area contributed by atoms with Gasteiger partial charge in [-0.2, -0.15) is 0 Å². The fraction of sp³-hybridized carbons (Fsp3) is 0.680. The Hall–Kier alpha value is -2.12. The number of hydrogen-bond acceptors (Lipinski definition) is 5. The third kappa shape index (κ3) is 6.94. The smallest absolute Gasteiger partial charge is 0.237 e. The van der Waals surface area contributed by atoms with Gasteiger partial charge in [0.15, 0.2) is 0 Å². The van der Waals surface area contributed by atoms with Crippen LogP contribution in [0.1, 0.15) is 32.8 Å². The van der Waals surface area contributed by atoms with Gasteiger partial charge < -0.3 is 15.0 Å². The van der Waals surface area contributed by atoms with Gasteiger partial charge in [-0.1, -0.05) is 26.0 Å². The lowest BCUT2D eigenvalue weighted by Crippen LogP contribution is -2.56. The summed E-state index contributed by atoms with van der Waals surface area (Å²) in [6, 6.07) is 7.78. The van der Waals surface area contributed by atoms with Crippen molar-refractivity contribution in [3.05, 3.63) is 29.8 Å². The Morgan fingerprint density at radius 3 is 2.28 bits per heavy atom. The van der Waals surface area contributed by atoms with Gasteiger partial charge in [-0.25, -0.2) is 0 Å². The molecule has 3 unspecified atom stereocenters. The summed E-state index contributed by atoms with van der Waals surface area (Å²) in [6.07, 6.45) is 2.01. The summed E-state index contributed by atoms with van der Waals surface area (Å²) in [5.41, 5.74) is 1.18. The molecule has 2 aliphatic rings. The number of likely N-dealkylation sites (tertiary alicyclic amines) is 1. The standard InChI is InChI=1S/C25H40N4O3/c1-19-15-20(2)17-29(16-19)24(30)18-27-11-13-28(14-12-27)21(3)25(31)26-10-9-22-5-7-23(32-4)8-6-22/h5-8,19-21H,9-18H2,1-4H3,(H,26,31). The molecule has 1 aromatic carbocycles. The topological polar surface area (TPSA) is 65.1 Å². The number of rotatable bonds is 8. The van der Waals surface area contributed by atoms with E-state index in [1.165, 1.54) is 12.0 Å². The molecular weight excluding hydrogens is 404 g/mol. The van der Waals surface area contributed by atoms with Gasteiger partial charge in [-0.3, -0.25) is 19.4 Å². The van der Waals surface area contributed by atoms with Crippen LogP contribution in [0.3, 0.4) is 0 Å². The minimum Gasteiger partial charge on any atom is -0.497 e. The predicted molar refractivity (Wildman–Crippen MR) is 127 cm³/mol. The molecular formula is C25H40N4O3. The van der Waals surface area contributed by atoms with Gasteiger partial charge in [0, 0.05) is 45.8 Å². The molecule has 32 heavy (non-hydrogen) atoms. The molecule has 1 aromatic rings. The second kappa shape index (κ2) is 11.7. The Balaban J connectivity index is 1.36. The zero-order valence-corrected chi connectivity index (χ0v) is 20.2. The molecule has 2 amide bonds. The van der Waals surface area contributed by atoms with Gasteiger partial charge in [0.2, 0.25) is 11.8 Å². The van der Waals surface area contributed by atoms with Crippen LogP contribution in [0.5, 0.6) is 5.75 Å². The van der Waals surface area contributed by atoms with E-state index in [-0.39, 0.29) is 17.9 Å². The van der Waals surface area contributed by atoms with E-state index in [0.717, 1.165) is 51.4 Å².